The molecule has 0 fully saturated rings. The molecule has 0 atom stereocenters. The average Bonchev–Trinajstić information content (AvgIpc) is 3.04. The van der Waals surface area contributed by atoms with Crippen molar-refractivity contribution in [2.45, 2.75) is 0 Å². The molecule has 1 aromatic heterocycles. The Morgan fingerprint density at radius 1 is 0.905 bits per heavy atom. The number of hydrogen-bond acceptors (Lipinski definition) is 4. The number of rotatable bonds is 4. The van der Waals surface area contributed by atoms with E-state index in [1.807, 2.05) is 36.4 Å². The van der Waals surface area contributed by atoms with Gasteiger partial charge in [-0.3, -0.25) is 0 Å². The van der Waals surface area contributed by atoms with Crippen molar-refractivity contribution < 1.29 is 9.47 Å². The minimum atomic E-state index is 0.714. The molecule has 3 nitrogen and oxygen atoms in total. The van der Waals surface area contributed by atoms with Gasteiger partial charge in [0.05, 0.1) is 25.5 Å². The van der Waals surface area contributed by atoms with E-state index in [9.17, 15) is 0 Å². The van der Waals surface area contributed by atoms with Gasteiger partial charge in [-0.05, 0) is 12.1 Å². The lowest BCUT2D eigenvalue weighted by Gasteiger charge is -2.10. The van der Waals surface area contributed by atoms with Gasteiger partial charge in [0.25, 0.3) is 0 Å². The van der Waals surface area contributed by atoms with E-state index in [0.29, 0.717) is 11.5 Å². The molecule has 0 bridgehead atoms. The number of hydrogen-bond donors (Lipinski definition) is 0. The van der Waals surface area contributed by atoms with E-state index in [0.717, 1.165) is 21.8 Å². The zero-order chi connectivity index (χ0) is 14.7. The van der Waals surface area contributed by atoms with E-state index in [2.05, 4.69) is 17.5 Å². The molecule has 0 aliphatic heterocycles. The van der Waals surface area contributed by atoms with Gasteiger partial charge in [-0.15, -0.1) is 11.3 Å². The van der Waals surface area contributed by atoms with Crippen LogP contribution in [-0.2, 0) is 0 Å². The van der Waals surface area contributed by atoms with Gasteiger partial charge in [0.15, 0.2) is 11.5 Å². The third-order valence-corrected chi connectivity index (χ3v) is 4.08. The van der Waals surface area contributed by atoms with Gasteiger partial charge in [-0.25, -0.2) is 4.98 Å². The standard InChI is InChI=1S/C17H15NO2S/c1-19-15-10-6-9-13(16(15)20-2)17-18-14(11-21-17)12-7-4-3-5-8-12/h3-11H,1-2H3. The van der Waals surface area contributed by atoms with E-state index in [1.54, 1.807) is 25.6 Å². The first-order valence-electron chi connectivity index (χ1n) is 6.56. The normalized spacial score (nSPS) is 10.4. The SMILES string of the molecule is COc1cccc(-c2nc(-c3ccccc3)cs2)c1OC. The summed E-state index contributed by atoms with van der Waals surface area (Å²) in [5.41, 5.74) is 3.03. The number of benzene rings is 2. The molecule has 21 heavy (non-hydrogen) atoms. The van der Waals surface area contributed by atoms with Crippen LogP contribution in [-0.4, -0.2) is 19.2 Å². The van der Waals surface area contributed by atoms with Crippen LogP contribution in [0.1, 0.15) is 0 Å². The van der Waals surface area contributed by atoms with Crippen LogP contribution in [0.15, 0.2) is 53.9 Å². The molecule has 0 saturated heterocycles. The summed E-state index contributed by atoms with van der Waals surface area (Å²) < 4.78 is 10.8. The summed E-state index contributed by atoms with van der Waals surface area (Å²) in [7, 11) is 3.28. The van der Waals surface area contributed by atoms with Crippen molar-refractivity contribution >= 4 is 11.3 Å². The minimum Gasteiger partial charge on any atom is -0.493 e. The van der Waals surface area contributed by atoms with E-state index < -0.39 is 0 Å². The van der Waals surface area contributed by atoms with Gasteiger partial charge >= 0.3 is 0 Å². The third-order valence-electron chi connectivity index (χ3n) is 3.21. The van der Waals surface area contributed by atoms with E-state index in [-0.39, 0.29) is 0 Å². The Balaban J connectivity index is 2.05. The maximum absolute atomic E-state index is 5.48. The number of ether oxygens (including phenoxy) is 2. The second-order valence-electron chi connectivity index (χ2n) is 4.45. The van der Waals surface area contributed by atoms with Crippen LogP contribution in [0.3, 0.4) is 0 Å². The Kier molecular flexibility index (Phi) is 3.88. The number of thiazole rings is 1. The molecule has 0 spiro atoms. The van der Waals surface area contributed by atoms with Crippen LogP contribution < -0.4 is 9.47 Å². The molecule has 3 rings (SSSR count). The van der Waals surface area contributed by atoms with Gasteiger partial charge in [0.2, 0.25) is 0 Å². The number of para-hydroxylation sites is 1. The quantitative estimate of drug-likeness (QED) is 0.711. The fraction of sp³-hybridized carbons (Fsp3) is 0.118. The molecule has 0 aliphatic rings. The van der Waals surface area contributed by atoms with Crippen LogP contribution in [0.25, 0.3) is 21.8 Å². The molecular formula is C17H15NO2S. The van der Waals surface area contributed by atoms with Gasteiger partial charge < -0.3 is 9.47 Å². The lowest BCUT2D eigenvalue weighted by atomic mass is 10.1. The highest BCUT2D eigenvalue weighted by atomic mass is 32.1. The van der Waals surface area contributed by atoms with Gasteiger partial charge in [0, 0.05) is 10.9 Å². The lowest BCUT2D eigenvalue weighted by Crippen LogP contribution is -1.92. The highest BCUT2D eigenvalue weighted by molar-refractivity contribution is 7.13. The van der Waals surface area contributed by atoms with Crippen molar-refractivity contribution in [2.24, 2.45) is 0 Å². The van der Waals surface area contributed by atoms with Gasteiger partial charge in [-0.1, -0.05) is 36.4 Å². The van der Waals surface area contributed by atoms with Crippen molar-refractivity contribution in [1.82, 2.24) is 4.98 Å². The molecule has 0 saturated carbocycles. The van der Waals surface area contributed by atoms with Crippen molar-refractivity contribution in [3.63, 3.8) is 0 Å². The first kappa shape index (κ1) is 13.6. The first-order valence-corrected chi connectivity index (χ1v) is 7.43. The number of methoxy groups -OCH3 is 2. The summed E-state index contributed by atoms with van der Waals surface area (Å²) >= 11 is 1.60. The van der Waals surface area contributed by atoms with Crippen LogP contribution in [0.5, 0.6) is 11.5 Å². The highest BCUT2D eigenvalue weighted by Crippen LogP contribution is 2.39. The van der Waals surface area contributed by atoms with Crippen LogP contribution in [0, 0.1) is 0 Å². The van der Waals surface area contributed by atoms with Gasteiger partial charge in [0.1, 0.15) is 5.01 Å². The lowest BCUT2D eigenvalue weighted by molar-refractivity contribution is 0.356. The minimum absolute atomic E-state index is 0.714. The average molecular weight is 297 g/mol. The van der Waals surface area contributed by atoms with Crippen LogP contribution >= 0.6 is 11.3 Å². The predicted molar refractivity (Wildman–Crippen MR) is 86.1 cm³/mol. The Labute approximate surface area is 127 Å². The topological polar surface area (TPSA) is 31.4 Å². The molecule has 0 amide bonds. The summed E-state index contributed by atoms with van der Waals surface area (Å²) in [6.07, 6.45) is 0. The zero-order valence-corrected chi connectivity index (χ0v) is 12.7. The summed E-state index contributed by atoms with van der Waals surface area (Å²) in [6, 6.07) is 16.0. The Morgan fingerprint density at radius 3 is 2.43 bits per heavy atom. The highest BCUT2D eigenvalue weighted by Gasteiger charge is 2.14. The summed E-state index contributed by atoms with van der Waals surface area (Å²) in [6.45, 7) is 0. The largest absolute Gasteiger partial charge is 0.493 e. The third kappa shape index (κ3) is 2.62. The second-order valence-corrected chi connectivity index (χ2v) is 5.30. The van der Waals surface area contributed by atoms with E-state index in [4.69, 9.17) is 14.5 Å². The van der Waals surface area contributed by atoms with Crippen molar-refractivity contribution in [3.8, 4) is 33.3 Å². The van der Waals surface area contributed by atoms with Crippen molar-refractivity contribution in [2.75, 3.05) is 14.2 Å². The smallest absolute Gasteiger partial charge is 0.170 e. The van der Waals surface area contributed by atoms with Gasteiger partial charge in [-0.2, -0.15) is 0 Å². The molecule has 0 radical (unpaired) electrons. The maximum Gasteiger partial charge on any atom is 0.170 e. The molecule has 2 aromatic carbocycles. The van der Waals surface area contributed by atoms with Crippen molar-refractivity contribution in [1.29, 1.82) is 0 Å². The predicted octanol–water partition coefficient (Wildman–Crippen LogP) is 4.49. The molecule has 3 aromatic rings. The maximum atomic E-state index is 5.48. The molecule has 1 heterocycles. The fourth-order valence-corrected chi connectivity index (χ4v) is 3.05. The Hall–Kier alpha value is -2.33. The van der Waals surface area contributed by atoms with Crippen LogP contribution in [0.2, 0.25) is 0 Å². The van der Waals surface area contributed by atoms with Crippen molar-refractivity contribution in [3.05, 3.63) is 53.9 Å². The monoisotopic (exact) mass is 297 g/mol. The van der Waals surface area contributed by atoms with Crippen LogP contribution in [0.4, 0.5) is 0 Å². The molecule has 0 aliphatic carbocycles. The molecule has 0 N–H and O–H groups in total. The number of aromatic nitrogens is 1. The zero-order valence-electron chi connectivity index (χ0n) is 11.9. The Bertz CT molecular complexity index is 738. The molecular weight excluding hydrogens is 282 g/mol. The van der Waals surface area contributed by atoms with E-state index in [1.165, 1.54) is 0 Å². The Morgan fingerprint density at radius 2 is 1.71 bits per heavy atom. The second kappa shape index (κ2) is 5.97. The first-order chi connectivity index (χ1) is 10.3. The molecule has 4 heteroatoms. The fourth-order valence-electron chi connectivity index (χ4n) is 2.19. The summed E-state index contributed by atoms with van der Waals surface area (Å²) in [4.78, 5) is 4.72. The molecule has 106 valence electrons. The summed E-state index contributed by atoms with van der Waals surface area (Å²) in [5.74, 6) is 1.43. The molecule has 0 unspecified atom stereocenters. The van der Waals surface area contributed by atoms with E-state index >= 15 is 0 Å². The summed E-state index contributed by atoms with van der Waals surface area (Å²) in [5, 5.41) is 2.98. The number of nitrogens with zero attached hydrogens (tertiary/aromatic N) is 1.